The molecule has 5 N–H and O–H groups in total. The van der Waals surface area contributed by atoms with Crippen molar-refractivity contribution in [3.05, 3.63) is 0 Å². The largest absolute Gasteiger partial charge is 0.481 e. The highest BCUT2D eigenvalue weighted by Crippen LogP contribution is 2.04. The van der Waals surface area contributed by atoms with Crippen LogP contribution < -0.4 is 11.1 Å². The van der Waals surface area contributed by atoms with E-state index in [9.17, 15) is 14.4 Å². The van der Waals surface area contributed by atoms with Crippen LogP contribution in [0.1, 0.15) is 33.1 Å². The van der Waals surface area contributed by atoms with Gasteiger partial charge in [-0.05, 0) is 18.8 Å². The molecular formula is C11H20N2O5. The average molecular weight is 260 g/mol. The fraction of sp³-hybridized carbons (Fsp3) is 0.727. The van der Waals surface area contributed by atoms with Gasteiger partial charge in [-0.3, -0.25) is 9.59 Å². The van der Waals surface area contributed by atoms with E-state index in [1.54, 1.807) is 13.8 Å². The second-order valence-electron chi connectivity index (χ2n) is 4.46. The summed E-state index contributed by atoms with van der Waals surface area (Å²) in [4.78, 5) is 32.8. The Hall–Kier alpha value is -1.63. The molecule has 0 unspecified atom stereocenters. The first-order valence-electron chi connectivity index (χ1n) is 5.76. The van der Waals surface area contributed by atoms with Gasteiger partial charge in [-0.2, -0.15) is 0 Å². The minimum atomic E-state index is -1.19. The second kappa shape index (κ2) is 7.65. The lowest BCUT2D eigenvalue weighted by Gasteiger charge is -2.19. The van der Waals surface area contributed by atoms with Crippen LogP contribution >= 0.6 is 0 Å². The van der Waals surface area contributed by atoms with E-state index in [0.717, 1.165) is 0 Å². The van der Waals surface area contributed by atoms with Crippen LogP contribution in [0.15, 0.2) is 0 Å². The molecule has 0 aromatic heterocycles. The van der Waals surface area contributed by atoms with Gasteiger partial charge in [0.25, 0.3) is 0 Å². The van der Waals surface area contributed by atoms with E-state index in [2.05, 4.69) is 5.32 Å². The first kappa shape index (κ1) is 16.4. The maximum absolute atomic E-state index is 11.6. The van der Waals surface area contributed by atoms with Crippen molar-refractivity contribution in [2.45, 2.75) is 45.2 Å². The van der Waals surface area contributed by atoms with Crippen LogP contribution in [0.5, 0.6) is 0 Å². The van der Waals surface area contributed by atoms with E-state index >= 15 is 0 Å². The van der Waals surface area contributed by atoms with Gasteiger partial charge in [0.2, 0.25) is 5.91 Å². The zero-order valence-corrected chi connectivity index (χ0v) is 10.5. The van der Waals surface area contributed by atoms with Gasteiger partial charge in [0, 0.05) is 6.42 Å². The highest BCUT2D eigenvalue weighted by atomic mass is 16.4. The first-order valence-corrected chi connectivity index (χ1v) is 5.76. The van der Waals surface area contributed by atoms with Gasteiger partial charge in [0.1, 0.15) is 6.04 Å². The Bertz CT molecular complexity index is 317. The zero-order valence-electron chi connectivity index (χ0n) is 10.5. The van der Waals surface area contributed by atoms with Gasteiger partial charge in [0.15, 0.2) is 0 Å². The van der Waals surface area contributed by atoms with E-state index in [-0.39, 0.29) is 25.2 Å². The molecule has 0 saturated carbocycles. The lowest BCUT2D eigenvalue weighted by atomic mass is 10.0. The summed E-state index contributed by atoms with van der Waals surface area (Å²) in [6.45, 7) is 3.51. The highest BCUT2D eigenvalue weighted by Gasteiger charge is 2.24. The van der Waals surface area contributed by atoms with Crippen molar-refractivity contribution in [1.29, 1.82) is 0 Å². The highest BCUT2D eigenvalue weighted by molar-refractivity contribution is 5.86. The quantitative estimate of drug-likeness (QED) is 0.478. The third-order valence-electron chi connectivity index (χ3n) is 2.52. The van der Waals surface area contributed by atoms with E-state index in [1.165, 1.54) is 0 Å². The third-order valence-corrected chi connectivity index (χ3v) is 2.52. The van der Waals surface area contributed by atoms with E-state index in [1.807, 2.05) is 0 Å². The lowest BCUT2D eigenvalue weighted by molar-refractivity contribution is -0.143. The minimum absolute atomic E-state index is 0.0676. The topological polar surface area (TPSA) is 130 Å². The number of carboxylic acid groups (broad SMARTS) is 2. The van der Waals surface area contributed by atoms with Crippen LogP contribution in [0.3, 0.4) is 0 Å². The molecule has 0 aliphatic rings. The summed E-state index contributed by atoms with van der Waals surface area (Å²) < 4.78 is 0. The maximum Gasteiger partial charge on any atom is 0.326 e. The molecule has 2 atom stereocenters. The fourth-order valence-corrected chi connectivity index (χ4v) is 1.29. The van der Waals surface area contributed by atoms with Crippen molar-refractivity contribution < 1.29 is 24.6 Å². The number of aliphatic carboxylic acids is 2. The Kier molecular flexibility index (Phi) is 6.96. The Morgan fingerprint density at radius 3 is 2.17 bits per heavy atom. The molecule has 0 aliphatic heterocycles. The Labute approximate surface area is 105 Å². The molecule has 0 fully saturated rings. The van der Waals surface area contributed by atoms with Gasteiger partial charge in [-0.15, -0.1) is 0 Å². The number of carbonyl (C=O) groups excluding carboxylic acids is 1. The number of hydrogen-bond acceptors (Lipinski definition) is 4. The SMILES string of the molecule is CC(C)[C@@H](N)C(=O)N[C@H](CCCC(=O)O)C(=O)O. The Balaban J connectivity index is 4.31. The number of hydrogen-bond donors (Lipinski definition) is 4. The number of rotatable bonds is 8. The fourth-order valence-electron chi connectivity index (χ4n) is 1.29. The molecule has 7 heteroatoms. The molecular weight excluding hydrogens is 240 g/mol. The average Bonchev–Trinajstić information content (AvgIpc) is 2.25. The van der Waals surface area contributed by atoms with Crippen molar-refractivity contribution in [3.8, 4) is 0 Å². The second-order valence-corrected chi connectivity index (χ2v) is 4.46. The van der Waals surface area contributed by atoms with Crippen molar-refractivity contribution in [2.24, 2.45) is 11.7 Å². The molecule has 0 spiro atoms. The Morgan fingerprint density at radius 2 is 1.78 bits per heavy atom. The summed E-state index contributed by atoms with van der Waals surface area (Å²) in [7, 11) is 0. The molecule has 0 radical (unpaired) electrons. The molecule has 0 aromatic carbocycles. The monoisotopic (exact) mass is 260 g/mol. The van der Waals surface area contributed by atoms with Crippen LogP contribution in [0, 0.1) is 5.92 Å². The first-order chi connectivity index (χ1) is 8.25. The van der Waals surface area contributed by atoms with Crippen LogP contribution in [0.4, 0.5) is 0 Å². The number of nitrogens with two attached hydrogens (primary N) is 1. The van der Waals surface area contributed by atoms with Gasteiger partial charge in [-0.25, -0.2) is 4.79 Å². The molecule has 0 aromatic rings. The van der Waals surface area contributed by atoms with Crippen molar-refractivity contribution in [3.63, 3.8) is 0 Å². The standard InChI is InChI=1S/C11H20N2O5/c1-6(2)9(12)10(16)13-7(11(17)18)4-3-5-8(14)15/h6-7,9H,3-5,12H2,1-2H3,(H,13,16)(H,14,15)(H,17,18)/t7-,9-/m1/s1. The summed E-state index contributed by atoms with van der Waals surface area (Å²) in [6, 6.07) is -1.87. The van der Waals surface area contributed by atoms with E-state index < -0.39 is 29.9 Å². The molecule has 18 heavy (non-hydrogen) atoms. The number of amides is 1. The van der Waals surface area contributed by atoms with Crippen molar-refractivity contribution >= 4 is 17.8 Å². The van der Waals surface area contributed by atoms with Gasteiger partial charge < -0.3 is 21.3 Å². The molecule has 104 valence electrons. The van der Waals surface area contributed by atoms with Gasteiger partial charge >= 0.3 is 11.9 Å². The molecule has 0 aliphatic carbocycles. The normalized spacial score (nSPS) is 14.0. The van der Waals surface area contributed by atoms with Crippen molar-refractivity contribution in [2.75, 3.05) is 0 Å². The molecule has 0 heterocycles. The van der Waals surface area contributed by atoms with Crippen molar-refractivity contribution in [1.82, 2.24) is 5.32 Å². The molecule has 7 nitrogen and oxygen atoms in total. The molecule has 1 amide bonds. The summed E-state index contributed by atoms with van der Waals surface area (Å²) in [5.74, 6) is -2.82. The van der Waals surface area contributed by atoms with E-state index in [4.69, 9.17) is 15.9 Å². The Morgan fingerprint density at radius 1 is 1.22 bits per heavy atom. The smallest absolute Gasteiger partial charge is 0.326 e. The summed E-state index contributed by atoms with van der Waals surface area (Å²) >= 11 is 0. The van der Waals surface area contributed by atoms with E-state index in [0.29, 0.717) is 0 Å². The van der Waals surface area contributed by atoms with Gasteiger partial charge in [0.05, 0.1) is 6.04 Å². The molecule has 0 rings (SSSR count). The number of carbonyl (C=O) groups is 3. The predicted octanol–water partition coefficient (Wildman–Crippen LogP) is -0.206. The minimum Gasteiger partial charge on any atom is -0.481 e. The number of nitrogens with one attached hydrogen (secondary N) is 1. The van der Waals surface area contributed by atoms with Crippen LogP contribution in [-0.2, 0) is 14.4 Å². The zero-order chi connectivity index (χ0) is 14.3. The maximum atomic E-state index is 11.6. The van der Waals surface area contributed by atoms with Crippen LogP contribution in [0.25, 0.3) is 0 Å². The predicted molar refractivity (Wildman–Crippen MR) is 63.9 cm³/mol. The summed E-state index contributed by atoms with van der Waals surface area (Å²) in [6.07, 6.45) is 0.123. The lowest BCUT2D eigenvalue weighted by Crippen LogP contribution is -2.50. The van der Waals surface area contributed by atoms with Crippen LogP contribution in [-0.4, -0.2) is 40.1 Å². The van der Waals surface area contributed by atoms with Crippen LogP contribution in [0.2, 0.25) is 0 Å². The third kappa shape index (κ3) is 6.19. The molecule has 0 bridgehead atoms. The number of carboxylic acids is 2. The summed E-state index contributed by atoms with van der Waals surface area (Å²) in [5.41, 5.74) is 5.59. The molecule has 0 saturated heterocycles. The van der Waals surface area contributed by atoms with Gasteiger partial charge in [-0.1, -0.05) is 13.8 Å². The summed E-state index contributed by atoms with van der Waals surface area (Å²) in [5, 5.41) is 19.7.